The maximum atomic E-state index is 6.27. The molecule has 0 radical (unpaired) electrons. The molecule has 8 aromatic carbocycles. The third kappa shape index (κ3) is 4.23. The fraction of sp³-hybridized carbons (Fsp3) is 0.0612. The van der Waals surface area contributed by atoms with Crippen molar-refractivity contribution in [2.75, 3.05) is 4.90 Å². The number of hydrogen-bond donors (Lipinski definition) is 0. The molecule has 1 aliphatic rings. The number of benzene rings is 8. The molecule has 0 spiro atoms. The molecule has 0 atom stereocenters. The normalized spacial score (nSPS) is 13.3. The monoisotopic (exact) mass is 683 g/mol. The molecule has 1 aliphatic carbocycles. The number of nitrogens with zero attached hydrogens (tertiary/aromatic N) is 1. The van der Waals surface area contributed by atoms with Gasteiger partial charge in [0.25, 0.3) is 0 Å². The van der Waals surface area contributed by atoms with Gasteiger partial charge in [-0.3, -0.25) is 0 Å². The molecule has 0 N–H and O–H groups in total. The molecule has 2 nitrogen and oxygen atoms in total. The lowest BCUT2D eigenvalue weighted by atomic mass is 9.82. The molecule has 3 heteroatoms. The quantitative estimate of drug-likeness (QED) is 0.184. The van der Waals surface area contributed by atoms with Crippen LogP contribution in [0, 0.1) is 0 Å². The standard InChI is InChI=1S/C49H33NOS/c1-49(2)41-17-7-5-14-38(41)47-42(49)18-10-19-43(47)50(34-25-26-45-39(29-34)36-13-6-8-20-44(36)51-45)33-23-21-30(22-24-33)35-15-9-16-37-40-27-31-11-3-4-12-32(31)28-46(40)52-48(35)37/h3-29H,1-2H3. The molecule has 0 bridgehead atoms. The zero-order valence-electron chi connectivity index (χ0n) is 28.9. The van der Waals surface area contributed by atoms with Gasteiger partial charge in [0.2, 0.25) is 0 Å². The van der Waals surface area contributed by atoms with Crippen LogP contribution in [-0.2, 0) is 5.41 Å². The Morgan fingerprint density at radius 1 is 0.500 bits per heavy atom. The van der Waals surface area contributed by atoms with Crippen molar-refractivity contribution in [2.24, 2.45) is 0 Å². The largest absolute Gasteiger partial charge is 0.456 e. The number of anilines is 3. The van der Waals surface area contributed by atoms with Crippen LogP contribution in [0.25, 0.3) is 75.1 Å². The van der Waals surface area contributed by atoms with E-state index < -0.39 is 0 Å². The highest BCUT2D eigenvalue weighted by Crippen LogP contribution is 2.54. The molecule has 0 saturated heterocycles. The minimum Gasteiger partial charge on any atom is -0.456 e. The van der Waals surface area contributed by atoms with E-state index in [1.165, 1.54) is 70.0 Å². The van der Waals surface area contributed by atoms with E-state index in [0.717, 1.165) is 33.3 Å². The molecule has 0 amide bonds. The Morgan fingerprint density at radius 3 is 2.06 bits per heavy atom. The van der Waals surface area contributed by atoms with E-state index in [4.69, 9.17) is 4.42 Å². The Morgan fingerprint density at radius 2 is 1.17 bits per heavy atom. The van der Waals surface area contributed by atoms with Gasteiger partial charge in [0.15, 0.2) is 0 Å². The first kappa shape index (κ1) is 29.6. The van der Waals surface area contributed by atoms with Crippen molar-refractivity contribution in [2.45, 2.75) is 19.3 Å². The first-order valence-electron chi connectivity index (χ1n) is 17.9. The zero-order chi connectivity index (χ0) is 34.6. The number of para-hydroxylation sites is 1. The minimum absolute atomic E-state index is 0.100. The molecule has 0 fully saturated rings. The molecule has 11 rings (SSSR count). The van der Waals surface area contributed by atoms with Crippen LogP contribution >= 0.6 is 11.3 Å². The Balaban J connectivity index is 1.10. The molecule has 0 aliphatic heterocycles. The van der Waals surface area contributed by atoms with E-state index in [2.05, 4.69) is 170 Å². The van der Waals surface area contributed by atoms with Crippen LogP contribution in [0.3, 0.4) is 0 Å². The third-order valence-corrected chi connectivity index (χ3v) is 12.4. The molecule has 52 heavy (non-hydrogen) atoms. The number of fused-ring (bicyclic) bond motifs is 10. The molecule has 0 saturated carbocycles. The van der Waals surface area contributed by atoms with Gasteiger partial charge < -0.3 is 9.32 Å². The second-order valence-corrected chi connectivity index (χ2v) is 15.6. The van der Waals surface area contributed by atoms with Crippen molar-refractivity contribution in [3.05, 3.63) is 175 Å². The predicted octanol–water partition coefficient (Wildman–Crippen LogP) is 14.6. The average molecular weight is 684 g/mol. The van der Waals surface area contributed by atoms with E-state index in [-0.39, 0.29) is 5.41 Å². The van der Waals surface area contributed by atoms with Gasteiger partial charge in [0, 0.05) is 53.3 Å². The third-order valence-electron chi connectivity index (χ3n) is 11.2. The number of furan rings is 1. The van der Waals surface area contributed by atoms with E-state index >= 15 is 0 Å². The van der Waals surface area contributed by atoms with E-state index in [1.54, 1.807) is 0 Å². The smallest absolute Gasteiger partial charge is 0.135 e. The van der Waals surface area contributed by atoms with Crippen molar-refractivity contribution in [1.82, 2.24) is 0 Å². The second-order valence-electron chi connectivity index (χ2n) is 14.5. The lowest BCUT2D eigenvalue weighted by Gasteiger charge is -2.29. The van der Waals surface area contributed by atoms with Crippen LogP contribution < -0.4 is 4.90 Å². The summed E-state index contributed by atoms with van der Waals surface area (Å²) in [5.74, 6) is 0. The van der Waals surface area contributed by atoms with Gasteiger partial charge in [0.05, 0.1) is 5.69 Å². The van der Waals surface area contributed by atoms with Crippen LogP contribution in [0.4, 0.5) is 17.1 Å². The van der Waals surface area contributed by atoms with Crippen molar-refractivity contribution >= 4 is 81.3 Å². The molecule has 10 aromatic rings. The van der Waals surface area contributed by atoms with Crippen LogP contribution in [0.15, 0.2) is 168 Å². The molecular formula is C49H33NOS. The number of thiophene rings is 1. The van der Waals surface area contributed by atoms with Gasteiger partial charge in [-0.1, -0.05) is 123 Å². The van der Waals surface area contributed by atoms with Crippen molar-refractivity contribution in [3.8, 4) is 22.3 Å². The fourth-order valence-corrected chi connectivity index (χ4v) is 9.97. The van der Waals surface area contributed by atoms with E-state index in [1.807, 2.05) is 23.5 Å². The Kier molecular flexibility index (Phi) is 6.21. The van der Waals surface area contributed by atoms with Crippen molar-refractivity contribution in [3.63, 3.8) is 0 Å². The minimum atomic E-state index is -0.100. The summed E-state index contributed by atoms with van der Waals surface area (Å²) >= 11 is 1.89. The van der Waals surface area contributed by atoms with Crippen molar-refractivity contribution < 1.29 is 4.42 Å². The van der Waals surface area contributed by atoms with Crippen LogP contribution in [-0.4, -0.2) is 0 Å². The van der Waals surface area contributed by atoms with Gasteiger partial charge in [-0.25, -0.2) is 0 Å². The second kappa shape index (κ2) is 10.9. The maximum absolute atomic E-state index is 6.27. The van der Waals surface area contributed by atoms with Crippen molar-refractivity contribution in [1.29, 1.82) is 0 Å². The highest BCUT2D eigenvalue weighted by atomic mass is 32.1. The SMILES string of the molecule is CC1(C)c2ccccc2-c2c(N(c3ccc(-c4cccc5c4sc4cc6ccccc6cc45)cc3)c3ccc4oc5ccccc5c4c3)cccc21. The van der Waals surface area contributed by atoms with E-state index in [0.29, 0.717) is 0 Å². The molecule has 2 aromatic heterocycles. The molecule has 0 unspecified atom stereocenters. The van der Waals surface area contributed by atoms with Crippen LogP contribution in [0.2, 0.25) is 0 Å². The molecule has 246 valence electrons. The van der Waals surface area contributed by atoms with Crippen LogP contribution in [0.5, 0.6) is 0 Å². The Labute approximate surface area is 305 Å². The lowest BCUT2D eigenvalue weighted by Crippen LogP contribution is -2.16. The maximum Gasteiger partial charge on any atom is 0.135 e. The highest BCUT2D eigenvalue weighted by Gasteiger charge is 2.37. The summed E-state index contributed by atoms with van der Waals surface area (Å²) in [6.07, 6.45) is 0. The average Bonchev–Trinajstić information content (AvgIpc) is 3.82. The first-order valence-corrected chi connectivity index (χ1v) is 18.7. The summed E-state index contributed by atoms with van der Waals surface area (Å²) < 4.78 is 8.93. The van der Waals surface area contributed by atoms with Gasteiger partial charge in [0.1, 0.15) is 11.2 Å². The summed E-state index contributed by atoms with van der Waals surface area (Å²) in [7, 11) is 0. The van der Waals surface area contributed by atoms with E-state index in [9.17, 15) is 0 Å². The van der Waals surface area contributed by atoms with Crippen LogP contribution in [0.1, 0.15) is 25.0 Å². The summed E-state index contributed by atoms with van der Waals surface area (Å²) in [4.78, 5) is 2.44. The van der Waals surface area contributed by atoms with Gasteiger partial charge >= 0.3 is 0 Å². The summed E-state index contributed by atoms with van der Waals surface area (Å²) in [5, 5.41) is 7.45. The topological polar surface area (TPSA) is 16.4 Å². The zero-order valence-corrected chi connectivity index (χ0v) is 29.7. The Hall–Kier alpha value is -6.16. The first-order chi connectivity index (χ1) is 25.5. The number of rotatable bonds is 4. The van der Waals surface area contributed by atoms with Gasteiger partial charge in [-0.2, -0.15) is 0 Å². The fourth-order valence-electron chi connectivity index (χ4n) is 8.70. The van der Waals surface area contributed by atoms with Gasteiger partial charge in [-0.05, 0) is 93.2 Å². The predicted molar refractivity (Wildman–Crippen MR) is 222 cm³/mol. The lowest BCUT2D eigenvalue weighted by molar-refractivity contribution is 0.660. The molecular weight excluding hydrogens is 651 g/mol. The highest BCUT2D eigenvalue weighted by molar-refractivity contribution is 7.26. The summed E-state index contributed by atoms with van der Waals surface area (Å²) in [6, 6.07) is 59.9. The number of hydrogen-bond acceptors (Lipinski definition) is 3. The summed E-state index contributed by atoms with van der Waals surface area (Å²) in [6.45, 7) is 4.70. The Bertz CT molecular complexity index is 3050. The van der Waals surface area contributed by atoms with Gasteiger partial charge in [-0.15, -0.1) is 11.3 Å². The molecule has 2 heterocycles. The summed E-state index contributed by atoms with van der Waals surface area (Å²) in [5.41, 5.74) is 12.9.